The summed E-state index contributed by atoms with van der Waals surface area (Å²) in [6.45, 7) is 2.16. The minimum Gasteiger partial charge on any atom is -0.491 e. The van der Waals surface area contributed by atoms with Crippen molar-refractivity contribution >= 4 is 11.7 Å². The molecule has 0 spiro atoms. The van der Waals surface area contributed by atoms with E-state index in [2.05, 4.69) is 30.4 Å². The lowest BCUT2D eigenvalue weighted by Gasteiger charge is -2.11. The van der Waals surface area contributed by atoms with Crippen molar-refractivity contribution in [2.75, 3.05) is 25.5 Å². The molecule has 0 atom stereocenters. The monoisotopic (exact) mass is 406 g/mol. The molecule has 0 bridgehead atoms. The van der Waals surface area contributed by atoms with Crippen LogP contribution < -0.4 is 15.4 Å². The molecule has 2 aromatic heterocycles. The Bertz CT molecular complexity index is 1040. The quantitative estimate of drug-likeness (QED) is 0.462. The maximum atomic E-state index is 14.1. The number of ether oxygens (including phenoxy) is 1. The van der Waals surface area contributed by atoms with Gasteiger partial charge in [-0.05, 0) is 19.1 Å². The van der Waals surface area contributed by atoms with E-state index < -0.39 is 34.7 Å². The van der Waals surface area contributed by atoms with E-state index in [4.69, 9.17) is 0 Å². The van der Waals surface area contributed by atoms with E-state index in [0.717, 1.165) is 12.8 Å². The maximum absolute atomic E-state index is 14.1. The molecule has 0 aliphatic heterocycles. The van der Waals surface area contributed by atoms with Gasteiger partial charge >= 0.3 is 0 Å². The molecule has 0 fully saturated rings. The summed E-state index contributed by atoms with van der Waals surface area (Å²) >= 11 is 0. The van der Waals surface area contributed by atoms with Crippen LogP contribution in [0, 0.1) is 24.4 Å². The first-order valence-electron chi connectivity index (χ1n) is 8.49. The van der Waals surface area contributed by atoms with Crippen molar-refractivity contribution in [3.8, 4) is 11.6 Å². The van der Waals surface area contributed by atoms with Crippen LogP contribution in [0.15, 0.2) is 30.7 Å². The van der Waals surface area contributed by atoms with Gasteiger partial charge in [0.1, 0.15) is 12.1 Å². The molecule has 0 radical (unpaired) electrons. The van der Waals surface area contributed by atoms with Crippen molar-refractivity contribution in [1.29, 1.82) is 0 Å². The van der Waals surface area contributed by atoms with Gasteiger partial charge in [0.25, 0.3) is 5.91 Å². The zero-order valence-corrected chi connectivity index (χ0v) is 15.5. The number of nitrogens with one attached hydrogen (secondary N) is 2. The van der Waals surface area contributed by atoms with Crippen LogP contribution in [0.4, 0.5) is 19.0 Å². The summed E-state index contributed by atoms with van der Waals surface area (Å²) in [5, 5.41) is 9.63. The van der Waals surface area contributed by atoms with Crippen LogP contribution in [0.1, 0.15) is 16.1 Å². The number of amides is 1. The Hall–Kier alpha value is -3.63. The average molecular weight is 406 g/mol. The normalized spacial score (nSPS) is 10.7. The molecule has 3 aromatic rings. The van der Waals surface area contributed by atoms with E-state index in [1.807, 2.05) is 13.0 Å². The molecule has 8 nitrogen and oxygen atoms in total. The third kappa shape index (κ3) is 4.45. The minimum atomic E-state index is -1.49. The molecule has 0 saturated carbocycles. The molecule has 29 heavy (non-hydrogen) atoms. The Kier molecular flexibility index (Phi) is 5.96. The topological polar surface area (TPSA) is 94.0 Å². The van der Waals surface area contributed by atoms with Crippen LogP contribution >= 0.6 is 0 Å². The van der Waals surface area contributed by atoms with Crippen LogP contribution in [0.3, 0.4) is 0 Å². The van der Waals surface area contributed by atoms with Gasteiger partial charge in [0, 0.05) is 25.4 Å². The fourth-order valence-electron chi connectivity index (χ4n) is 2.50. The number of carbonyl (C=O) groups excluding carboxylic acids is 1. The molecular weight excluding hydrogens is 389 g/mol. The van der Waals surface area contributed by atoms with E-state index in [1.54, 1.807) is 16.9 Å². The summed E-state index contributed by atoms with van der Waals surface area (Å²) in [5.41, 5.74) is 0.182. The Morgan fingerprint density at radius 2 is 1.97 bits per heavy atom. The zero-order valence-electron chi connectivity index (χ0n) is 15.5. The lowest BCUT2D eigenvalue weighted by molar-refractivity contribution is 0.0949. The van der Waals surface area contributed by atoms with Gasteiger partial charge in [0.15, 0.2) is 23.2 Å². The molecule has 0 unspecified atom stereocenters. The van der Waals surface area contributed by atoms with Crippen molar-refractivity contribution < 1.29 is 22.7 Å². The molecule has 2 N–H and O–H groups in total. The molecular formula is C18H17F3N6O2. The van der Waals surface area contributed by atoms with Crippen LogP contribution in [0.5, 0.6) is 5.75 Å². The molecule has 0 aliphatic rings. The molecule has 1 amide bonds. The number of halogens is 3. The van der Waals surface area contributed by atoms with Gasteiger partial charge in [0.2, 0.25) is 5.82 Å². The summed E-state index contributed by atoms with van der Waals surface area (Å²) in [6.07, 6.45) is 3.11. The van der Waals surface area contributed by atoms with Gasteiger partial charge in [-0.25, -0.2) is 23.4 Å². The first kappa shape index (κ1) is 20.1. The number of benzene rings is 1. The first-order chi connectivity index (χ1) is 13.9. The van der Waals surface area contributed by atoms with Crippen LogP contribution in [0.25, 0.3) is 5.82 Å². The second-order valence-corrected chi connectivity index (χ2v) is 5.91. The highest BCUT2D eigenvalue weighted by molar-refractivity contribution is 5.95. The third-order valence-electron chi connectivity index (χ3n) is 3.89. The summed E-state index contributed by atoms with van der Waals surface area (Å²) in [7, 11) is 0.979. The van der Waals surface area contributed by atoms with Gasteiger partial charge in [-0.15, -0.1) is 0 Å². The molecule has 1 aromatic carbocycles. The molecule has 0 aliphatic carbocycles. The predicted octanol–water partition coefficient (Wildman–Crippen LogP) is 2.24. The summed E-state index contributed by atoms with van der Waals surface area (Å²) in [4.78, 5) is 20.3. The lowest BCUT2D eigenvalue weighted by atomic mass is 10.1. The number of anilines is 1. The third-order valence-corrected chi connectivity index (χ3v) is 3.89. The van der Waals surface area contributed by atoms with Gasteiger partial charge in [0.05, 0.1) is 18.4 Å². The van der Waals surface area contributed by atoms with Crippen molar-refractivity contribution in [3.63, 3.8) is 0 Å². The summed E-state index contributed by atoms with van der Waals surface area (Å²) in [5.74, 6) is -4.96. The van der Waals surface area contributed by atoms with Crippen LogP contribution in [-0.2, 0) is 0 Å². The number of nitrogens with zero attached hydrogens (tertiary/aromatic N) is 4. The highest BCUT2D eigenvalue weighted by atomic mass is 19.2. The Labute approximate surface area is 163 Å². The molecule has 3 rings (SSSR count). The standard InChI is InChI=1S/C18H17F3N6O2/c1-10-3-6-27(26-10)14-8-13(24-9-25-14)22-4-5-23-18(28)11-7-12(19)16(21)17(29-2)15(11)20/h3,6-9H,4-5H2,1-2H3,(H,23,28)(H,22,24,25). The van der Waals surface area contributed by atoms with Crippen molar-refractivity contribution in [2.45, 2.75) is 6.92 Å². The maximum Gasteiger partial charge on any atom is 0.254 e. The number of hydrogen-bond donors (Lipinski definition) is 2. The summed E-state index contributed by atoms with van der Waals surface area (Å²) < 4.78 is 47.2. The van der Waals surface area contributed by atoms with E-state index in [9.17, 15) is 18.0 Å². The Morgan fingerprint density at radius 1 is 1.17 bits per heavy atom. The fraction of sp³-hybridized carbons (Fsp3) is 0.222. The van der Waals surface area contributed by atoms with E-state index >= 15 is 0 Å². The second-order valence-electron chi connectivity index (χ2n) is 5.91. The number of rotatable bonds is 7. The smallest absolute Gasteiger partial charge is 0.254 e. The number of carbonyl (C=O) groups is 1. The molecule has 152 valence electrons. The minimum absolute atomic E-state index is 0.0692. The average Bonchev–Trinajstić information content (AvgIpc) is 3.15. The van der Waals surface area contributed by atoms with E-state index in [0.29, 0.717) is 17.7 Å². The number of hydrogen-bond acceptors (Lipinski definition) is 6. The highest BCUT2D eigenvalue weighted by Crippen LogP contribution is 2.26. The second kappa shape index (κ2) is 8.59. The van der Waals surface area contributed by atoms with Gasteiger partial charge in [-0.1, -0.05) is 0 Å². The SMILES string of the molecule is COc1c(F)c(F)cc(C(=O)NCCNc2cc(-n3ccc(C)n3)ncn2)c1F. The Morgan fingerprint density at radius 3 is 2.66 bits per heavy atom. The van der Waals surface area contributed by atoms with E-state index in [1.165, 1.54) is 6.33 Å². The molecule has 0 saturated heterocycles. The molecule has 11 heteroatoms. The zero-order chi connectivity index (χ0) is 21.0. The van der Waals surface area contributed by atoms with Gasteiger partial charge < -0.3 is 15.4 Å². The van der Waals surface area contributed by atoms with Crippen molar-refractivity contribution in [3.05, 3.63) is 59.4 Å². The largest absolute Gasteiger partial charge is 0.491 e. The van der Waals surface area contributed by atoms with E-state index in [-0.39, 0.29) is 13.1 Å². The number of aryl methyl sites for hydroxylation is 1. The predicted molar refractivity (Wildman–Crippen MR) is 97.6 cm³/mol. The molecule has 2 heterocycles. The summed E-state index contributed by atoms with van der Waals surface area (Å²) in [6, 6.07) is 3.98. The Balaban J connectivity index is 1.59. The van der Waals surface area contributed by atoms with Gasteiger partial charge in [-0.3, -0.25) is 4.79 Å². The number of aromatic nitrogens is 4. The van der Waals surface area contributed by atoms with Crippen molar-refractivity contribution in [1.82, 2.24) is 25.1 Å². The van der Waals surface area contributed by atoms with Gasteiger partial charge in [-0.2, -0.15) is 9.49 Å². The van der Waals surface area contributed by atoms with Crippen LogP contribution in [0.2, 0.25) is 0 Å². The van der Waals surface area contributed by atoms with Crippen molar-refractivity contribution in [2.24, 2.45) is 0 Å². The fourth-order valence-corrected chi connectivity index (χ4v) is 2.50. The lowest BCUT2D eigenvalue weighted by Crippen LogP contribution is -2.30. The number of methoxy groups -OCH3 is 1. The van der Waals surface area contributed by atoms with Crippen LogP contribution in [-0.4, -0.2) is 45.9 Å². The highest BCUT2D eigenvalue weighted by Gasteiger charge is 2.23. The first-order valence-corrected chi connectivity index (χ1v) is 8.49.